The summed E-state index contributed by atoms with van der Waals surface area (Å²) in [6.07, 6.45) is 0.708. The fourth-order valence-corrected chi connectivity index (χ4v) is 3.74. The zero-order valence-electron chi connectivity index (χ0n) is 18.0. The van der Waals surface area contributed by atoms with Gasteiger partial charge in [0, 0.05) is 18.5 Å². The van der Waals surface area contributed by atoms with E-state index < -0.39 is 23.5 Å². The number of Topliss-reactive ketones (excluding diaryl/α,β-unsaturated/α-hetero) is 1. The Morgan fingerprint density at radius 3 is 2.32 bits per heavy atom. The van der Waals surface area contributed by atoms with Crippen molar-refractivity contribution < 1.29 is 28.7 Å². The second kappa shape index (κ2) is 9.75. The van der Waals surface area contributed by atoms with Crippen molar-refractivity contribution in [2.45, 2.75) is 19.4 Å². The van der Waals surface area contributed by atoms with Gasteiger partial charge in [0.15, 0.2) is 0 Å². The van der Waals surface area contributed by atoms with Gasteiger partial charge in [0.25, 0.3) is 11.7 Å². The number of halogens is 1. The van der Waals surface area contributed by atoms with Gasteiger partial charge in [0.2, 0.25) is 0 Å². The minimum Gasteiger partial charge on any atom is -0.507 e. The molecule has 1 fully saturated rings. The van der Waals surface area contributed by atoms with Crippen molar-refractivity contribution in [3.8, 4) is 5.75 Å². The highest BCUT2D eigenvalue weighted by Crippen LogP contribution is 2.39. The van der Waals surface area contributed by atoms with E-state index in [-0.39, 0.29) is 16.9 Å². The molecule has 1 aliphatic rings. The zero-order chi connectivity index (χ0) is 22.5. The standard InChI is InChI=1S/C24H27FN2O4/c1-4-31-19-12-8-16(9-13-19)21-20(22(28)17-6-10-18(25)11-7-17)23(29)24(30)27(21)15-5-14-26(2)3/h6-13,21,28H,4-5,14-15H2,1-3H3/p+1/b22-20-/t21-/m1/s1. The van der Waals surface area contributed by atoms with Crippen molar-refractivity contribution in [1.29, 1.82) is 0 Å². The SMILES string of the molecule is CCOc1ccc([C@@H]2/C(=C(/O)c3ccc(F)cc3)C(=O)C(=O)N2CCC[NH+](C)C)cc1. The lowest BCUT2D eigenvalue weighted by atomic mass is 9.95. The number of aliphatic hydroxyl groups excluding tert-OH is 1. The van der Waals surface area contributed by atoms with E-state index in [4.69, 9.17) is 4.74 Å². The smallest absolute Gasteiger partial charge is 0.295 e. The molecule has 2 N–H and O–H groups in total. The van der Waals surface area contributed by atoms with Gasteiger partial charge < -0.3 is 19.6 Å². The maximum absolute atomic E-state index is 13.3. The van der Waals surface area contributed by atoms with Crippen LogP contribution in [-0.2, 0) is 9.59 Å². The summed E-state index contributed by atoms with van der Waals surface area (Å²) in [5.74, 6) is -1.46. The molecule has 6 nitrogen and oxygen atoms in total. The van der Waals surface area contributed by atoms with E-state index in [1.807, 2.05) is 21.0 Å². The van der Waals surface area contributed by atoms with Crippen LogP contribution in [0.15, 0.2) is 54.1 Å². The first-order chi connectivity index (χ1) is 14.8. The number of nitrogens with one attached hydrogen (secondary N) is 1. The third-order valence-corrected chi connectivity index (χ3v) is 5.24. The Morgan fingerprint density at radius 1 is 1.10 bits per heavy atom. The molecule has 31 heavy (non-hydrogen) atoms. The average Bonchev–Trinajstić information content (AvgIpc) is 2.99. The number of quaternary nitrogens is 1. The van der Waals surface area contributed by atoms with Crippen molar-refractivity contribution >= 4 is 17.4 Å². The average molecular weight is 427 g/mol. The van der Waals surface area contributed by atoms with E-state index in [0.717, 1.165) is 6.54 Å². The second-order valence-corrected chi connectivity index (χ2v) is 7.81. The molecular weight excluding hydrogens is 399 g/mol. The van der Waals surface area contributed by atoms with Gasteiger partial charge in [-0.05, 0) is 48.9 Å². The molecule has 1 saturated heterocycles. The highest BCUT2D eigenvalue weighted by molar-refractivity contribution is 6.46. The molecule has 2 aromatic carbocycles. The predicted molar refractivity (Wildman–Crippen MR) is 115 cm³/mol. The fourth-order valence-electron chi connectivity index (χ4n) is 3.74. The monoisotopic (exact) mass is 427 g/mol. The quantitative estimate of drug-likeness (QED) is 0.385. The molecular formula is C24H28FN2O4+. The molecule has 1 heterocycles. The Labute approximate surface area is 181 Å². The molecule has 0 bridgehead atoms. The normalized spacial score (nSPS) is 18.1. The molecule has 2 aromatic rings. The summed E-state index contributed by atoms with van der Waals surface area (Å²) in [5.41, 5.74) is 0.995. The van der Waals surface area contributed by atoms with E-state index in [0.29, 0.717) is 30.9 Å². The third kappa shape index (κ3) is 4.94. The highest BCUT2D eigenvalue weighted by atomic mass is 19.1. The fraction of sp³-hybridized carbons (Fsp3) is 0.333. The lowest BCUT2D eigenvalue weighted by Crippen LogP contribution is -3.05. The number of rotatable bonds is 8. The highest BCUT2D eigenvalue weighted by Gasteiger charge is 2.45. The van der Waals surface area contributed by atoms with E-state index in [1.165, 1.54) is 34.1 Å². The van der Waals surface area contributed by atoms with Crippen molar-refractivity contribution in [2.24, 2.45) is 0 Å². The molecule has 0 unspecified atom stereocenters. The molecule has 1 amide bonds. The molecule has 1 atom stereocenters. The van der Waals surface area contributed by atoms with Crippen LogP contribution in [-0.4, -0.2) is 55.5 Å². The van der Waals surface area contributed by atoms with Gasteiger partial charge in [-0.1, -0.05) is 12.1 Å². The van der Waals surface area contributed by atoms with Crippen LogP contribution in [0.25, 0.3) is 5.76 Å². The first-order valence-electron chi connectivity index (χ1n) is 10.4. The summed E-state index contributed by atoms with van der Waals surface area (Å²) in [5, 5.41) is 10.9. The summed E-state index contributed by atoms with van der Waals surface area (Å²) in [6.45, 7) is 3.62. The van der Waals surface area contributed by atoms with Gasteiger partial charge in [-0.2, -0.15) is 0 Å². The maximum Gasteiger partial charge on any atom is 0.295 e. The number of benzene rings is 2. The number of carbonyl (C=O) groups is 2. The number of ketones is 1. The van der Waals surface area contributed by atoms with Crippen LogP contribution in [0.4, 0.5) is 4.39 Å². The van der Waals surface area contributed by atoms with Gasteiger partial charge in [-0.25, -0.2) is 4.39 Å². The third-order valence-electron chi connectivity index (χ3n) is 5.24. The maximum atomic E-state index is 13.3. The van der Waals surface area contributed by atoms with Crippen LogP contribution in [0.3, 0.4) is 0 Å². The number of amides is 1. The summed E-state index contributed by atoms with van der Waals surface area (Å²) in [7, 11) is 4.04. The summed E-state index contributed by atoms with van der Waals surface area (Å²) in [6, 6.07) is 11.6. The van der Waals surface area contributed by atoms with Crippen LogP contribution in [0, 0.1) is 5.82 Å². The number of ether oxygens (including phenoxy) is 1. The summed E-state index contributed by atoms with van der Waals surface area (Å²) < 4.78 is 18.8. The van der Waals surface area contributed by atoms with Gasteiger partial charge in [0.1, 0.15) is 17.3 Å². The molecule has 0 saturated carbocycles. The summed E-state index contributed by atoms with van der Waals surface area (Å²) in [4.78, 5) is 28.6. The summed E-state index contributed by atoms with van der Waals surface area (Å²) >= 11 is 0. The van der Waals surface area contributed by atoms with Crippen LogP contribution in [0.1, 0.15) is 30.5 Å². The van der Waals surface area contributed by atoms with E-state index in [1.54, 1.807) is 24.3 Å². The van der Waals surface area contributed by atoms with Crippen molar-refractivity contribution in [1.82, 2.24) is 4.90 Å². The number of likely N-dealkylation sites (tertiary alicyclic amines) is 1. The molecule has 7 heteroatoms. The molecule has 0 aromatic heterocycles. The molecule has 3 rings (SSSR count). The first kappa shape index (κ1) is 22.5. The molecule has 0 aliphatic carbocycles. The van der Waals surface area contributed by atoms with Gasteiger partial charge in [-0.15, -0.1) is 0 Å². The number of carbonyl (C=O) groups excluding carboxylic acids is 2. The van der Waals surface area contributed by atoms with Gasteiger partial charge in [0.05, 0.1) is 38.9 Å². The van der Waals surface area contributed by atoms with Crippen LogP contribution < -0.4 is 9.64 Å². The Balaban J connectivity index is 2.05. The first-order valence-corrected chi connectivity index (χ1v) is 10.4. The Morgan fingerprint density at radius 2 is 1.74 bits per heavy atom. The Bertz CT molecular complexity index is 968. The zero-order valence-corrected chi connectivity index (χ0v) is 18.0. The van der Waals surface area contributed by atoms with Crippen LogP contribution in [0.2, 0.25) is 0 Å². The largest absolute Gasteiger partial charge is 0.507 e. The van der Waals surface area contributed by atoms with E-state index in [2.05, 4.69) is 0 Å². The lowest BCUT2D eigenvalue weighted by molar-refractivity contribution is -0.858. The Hall–Kier alpha value is -3.19. The second-order valence-electron chi connectivity index (χ2n) is 7.81. The van der Waals surface area contributed by atoms with Gasteiger partial charge in [-0.3, -0.25) is 9.59 Å². The lowest BCUT2D eigenvalue weighted by Gasteiger charge is -2.25. The van der Waals surface area contributed by atoms with Crippen LogP contribution >= 0.6 is 0 Å². The van der Waals surface area contributed by atoms with Crippen molar-refractivity contribution in [2.75, 3.05) is 33.8 Å². The van der Waals surface area contributed by atoms with E-state index >= 15 is 0 Å². The van der Waals surface area contributed by atoms with Crippen molar-refractivity contribution in [3.63, 3.8) is 0 Å². The predicted octanol–water partition coefficient (Wildman–Crippen LogP) is 2.18. The number of nitrogens with zero attached hydrogens (tertiary/aromatic N) is 1. The van der Waals surface area contributed by atoms with Crippen molar-refractivity contribution in [3.05, 3.63) is 71.0 Å². The minimum absolute atomic E-state index is 0.0120. The Kier molecular flexibility index (Phi) is 7.07. The van der Waals surface area contributed by atoms with Gasteiger partial charge >= 0.3 is 0 Å². The molecule has 1 aliphatic heterocycles. The molecule has 164 valence electrons. The minimum atomic E-state index is -0.738. The van der Waals surface area contributed by atoms with Crippen LogP contribution in [0.5, 0.6) is 5.75 Å². The van der Waals surface area contributed by atoms with E-state index in [9.17, 15) is 19.1 Å². The molecule has 0 spiro atoms. The number of aliphatic hydroxyl groups is 1. The number of hydrogen-bond acceptors (Lipinski definition) is 4. The number of hydrogen-bond donors (Lipinski definition) is 2. The topological polar surface area (TPSA) is 71.3 Å². The molecule has 0 radical (unpaired) electrons.